The number of unbranched alkanes of at least 4 members (excludes halogenated alkanes) is 2. The van der Waals surface area contributed by atoms with Gasteiger partial charge in [0.1, 0.15) is 12.3 Å². The van der Waals surface area contributed by atoms with Crippen LogP contribution in [0.15, 0.2) is 9.41 Å². The number of hydrogen-bond donors (Lipinski definition) is 2. The van der Waals surface area contributed by atoms with Crippen LogP contribution in [0.5, 0.6) is 0 Å². The van der Waals surface area contributed by atoms with Crippen molar-refractivity contribution in [1.29, 1.82) is 0 Å². The van der Waals surface area contributed by atoms with Crippen LogP contribution in [0.1, 0.15) is 43.5 Å². The maximum Gasteiger partial charge on any atom is 0.216 e. The first-order valence-electron chi connectivity index (χ1n) is 7.61. The van der Waals surface area contributed by atoms with Gasteiger partial charge < -0.3 is 19.8 Å². The zero-order valence-corrected chi connectivity index (χ0v) is 16.4. The SMILES string of the molecule is CCNC(=NCc1nc(C)c(C)o1)NCCCCCOC.I. The quantitative estimate of drug-likeness (QED) is 0.276. The fourth-order valence-corrected chi connectivity index (χ4v) is 1.85. The summed E-state index contributed by atoms with van der Waals surface area (Å²) >= 11 is 0. The highest BCUT2D eigenvalue weighted by Gasteiger charge is 2.05. The molecule has 0 atom stereocenters. The third kappa shape index (κ3) is 8.57. The Morgan fingerprint density at radius 1 is 1.23 bits per heavy atom. The standard InChI is InChI=1S/C15H28N4O2.HI/c1-5-16-15(17-9-7-6-8-10-20-4)18-11-14-19-12(2)13(3)21-14;/h5-11H2,1-4H3,(H2,16,17,18);1H. The number of aromatic nitrogens is 1. The molecule has 1 rings (SSSR count). The highest BCUT2D eigenvalue weighted by molar-refractivity contribution is 14.0. The molecule has 6 nitrogen and oxygen atoms in total. The number of halogens is 1. The van der Waals surface area contributed by atoms with Crippen LogP contribution in [0.2, 0.25) is 0 Å². The molecule has 22 heavy (non-hydrogen) atoms. The van der Waals surface area contributed by atoms with Crippen molar-refractivity contribution in [2.75, 3.05) is 26.8 Å². The van der Waals surface area contributed by atoms with Gasteiger partial charge in [-0.2, -0.15) is 0 Å². The summed E-state index contributed by atoms with van der Waals surface area (Å²) in [5.74, 6) is 2.32. The minimum Gasteiger partial charge on any atom is -0.444 e. The lowest BCUT2D eigenvalue weighted by atomic mass is 10.2. The Hall–Kier alpha value is -0.830. The number of aryl methyl sites for hydroxylation is 2. The molecular weight excluding hydrogens is 395 g/mol. The van der Waals surface area contributed by atoms with Gasteiger partial charge in [-0.25, -0.2) is 9.98 Å². The summed E-state index contributed by atoms with van der Waals surface area (Å²) in [6.07, 6.45) is 3.35. The Kier molecular flexibility index (Phi) is 12.2. The highest BCUT2D eigenvalue weighted by atomic mass is 127. The fraction of sp³-hybridized carbons (Fsp3) is 0.733. The van der Waals surface area contributed by atoms with Crippen LogP contribution < -0.4 is 10.6 Å². The molecule has 0 amide bonds. The van der Waals surface area contributed by atoms with Crippen LogP contribution in [-0.4, -0.2) is 37.7 Å². The predicted octanol–water partition coefficient (Wildman–Crippen LogP) is 2.78. The molecule has 1 aromatic heterocycles. The number of rotatable bonds is 9. The van der Waals surface area contributed by atoms with E-state index in [4.69, 9.17) is 9.15 Å². The normalized spacial score (nSPS) is 11.2. The van der Waals surface area contributed by atoms with Gasteiger partial charge in [0.2, 0.25) is 5.89 Å². The van der Waals surface area contributed by atoms with Crippen molar-refractivity contribution in [3.63, 3.8) is 0 Å². The molecule has 0 saturated carbocycles. The number of methoxy groups -OCH3 is 1. The molecule has 0 saturated heterocycles. The third-order valence-electron chi connectivity index (χ3n) is 3.11. The first-order chi connectivity index (χ1) is 10.2. The van der Waals surface area contributed by atoms with Crippen molar-refractivity contribution in [3.05, 3.63) is 17.3 Å². The van der Waals surface area contributed by atoms with E-state index in [2.05, 4.69) is 27.5 Å². The molecule has 1 heterocycles. The summed E-state index contributed by atoms with van der Waals surface area (Å²) in [5.41, 5.74) is 0.927. The number of hydrogen-bond acceptors (Lipinski definition) is 4. The van der Waals surface area contributed by atoms with E-state index in [-0.39, 0.29) is 24.0 Å². The molecule has 0 fully saturated rings. The van der Waals surface area contributed by atoms with E-state index in [0.717, 1.165) is 56.4 Å². The van der Waals surface area contributed by atoms with Gasteiger partial charge >= 0.3 is 0 Å². The summed E-state index contributed by atoms with van der Waals surface area (Å²) < 4.78 is 10.6. The highest BCUT2D eigenvalue weighted by Crippen LogP contribution is 2.08. The van der Waals surface area contributed by atoms with Crippen molar-refractivity contribution in [1.82, 2.24) is 15.6 Å². The van der Waals surface area contributed by atoms with Crippen LogP contribution in [0.3, 0.4) is 0 Å². The maximum atomic E-state index is 5.53. The molecule has 2 N–H and O–H groups in total. The van der Waals surface area contributed by atoms with Crippen molar-refractivity contribution < 1.29 is 9.15 Å². The number of guanidine groups is 1. The van der Waals surface area contributed by atoms with Crippen molar-refractivity contribution in [2.24, 2.45) is 4.99 Å². The van der Waals surface area contributed by atoms with Gasteiger partial charge in [0, 0.05) is 26.8 Å². The predicted molar refractivity (Wildman–Crippen MR) is 99.9 cm³/mol. The lowest BCUT2D eigenvalue weighted by molar-refractivity contribution is 0.192. The largest absolute Gasteiger partial charge is 0.444 e. The van der Waals surface area contributed by atoms with Gasteiger partial charge in [-0.1, -0.05) is 0 Å². The molecular formula is C15H29IN4O2. The van der Waals surface area contributed by atoms with Crippen LogP contribution in [0.25, 0.3) is 0 Å². The van der Waals surface area contributed by atoms with E-state index in [1.54, 1.807) is 7.11 Å². The van der Waals surface area contributed by atoms with Crippen LogP contribution in [0.4, 0.5) is 0 Å². The second-order valence-electron chi connectivity index (χ2n) is 4.92. The van der Waals surface area contributed by atoms with Gasteiger partial charge in [0.05, 0.1) is 5.69 Å². The van der Waals surface area contributed by atoms with Crippen LogP contribution >= 0.6 is 24.0 Å². The molecule has 7 heteroatoms. The third-order valence-corrected chi connectivity index (χ3v) is 3.11. The average Bonchev–Trinajstić information content (AvgIpc) is 2.79. The summed E-state index contributed by atoms with van der Waals surface area (Å²) in [6, 6.07) is 0. The minimum absolute atomic E-state index is 0. The second-order valence-corrected chi connectivity index (χ2v) is 4.92. The van der Waals surface area contributed by atoms with E-state index in [0.29, 0.717) is 12.4 Å². The van der Waals surface area contributed by atoms with E-state index >= 15 is 0 Å². The van der Waals surface area contributed by atoms with Gasteiger partial charge in [-0.05, 0) is 40.0 Å². The lowest BCUT2D eigenvalue weighted by Gasteiger charge is -2.10. The zero-order valence-electron chi connectivity index (χ0n) is 14.1. The maximum absolute atomic E-state index is 5.53. The number of oxazole rings is 1. The summed E-state index contributed by atoms with van der Waals surface area (Å²) in [7, 11) is 1.74. The van der Waals surface area contributed by atoms with Gasteiger partial charge in [0.15, 0.2) is 5.96 Å². The van der Waals surface area contributed by atoms with Crippen molar-refractivity contribution in [3.8, 4) is 0 Å². The van der Waals surface area contributed by atoms with E-state index in [1.807, 2.05) is 13.8 Å². The first kappa shape index (κ1) is 21.2. The molecule has 0 aliphatic carbocycles. The fourth-order valence-electron chi connectivity index (χ4n) is 1.85. The van der Waals surface area contributed by atoms with Crippen molar-refractivity contribution >= 4 is 29.9 Å². The van der Waals surface area contributed by atoms with E-state index in [9.17, 15) is 0 Å². The lowest BCUT2D eigenvalue weighted by Crippen LogP contribution is -2.37. The molecule has 0 unspecified atom stereocenters. The van der Waals surface area contributed by atoms with Gasteiger partial charge in [-0.15, -0.1) is 24.0 Å². The molecule has 128 valence electrons. The Labute approximate surface area is 150 Å². The second kappa shape index (κ2) is 12.7. The summed E-state index contributed by atoms with van der Waals surface area (Å²) in [5, 5.41) is 6.54. The number of nitrogens with zero attached hydrogens (tertiary/aromatic N) is 2. The monoisotopic (exact) mass is 424 g/mol. The minimum atomic E-state index is 0. The van der Waals surface area contributed by atoms with E-state index < -0.39 is 0 Å². The Morgan fingerprint density at radius 2 is 2.00 bits per heavy atom. The smallest absolute Gasteiger partial charge is 0.216 e. The first-order valence-corrected chi connectivity index (χ1v) is 7.61. The Balaban J connectivity index is 0.00000441. The molecule has 0 radical (unpaired) electrons. The van der Waals surface area contributed by atoms with Crippen LogP contribution in [-0.2, 0) is 11.3 Å². The molecule has 0 spiro atoms. The molecule has 0 bridgehead atoms. The Morgan fingerprint density at radius 3 is 2.59 bits per heavy atom. The van der Waals surface area contributed by atoms with E-state index in [1.165, 1.54) is 0 Å². The van der Waals surface area contributed by atoms with Gasteiger partial charge in [-0.3, -0.25) is 0 Å². The molecule has 1 aromatic rings. The van der Waals surface area contributed by atoms with Crippen molar-refractivity contribution in [2.45, 2.75) is 46.6 Å². The number of nitrogens with one attached hydrogen (secondary N) is 2. The molecule has 0 aliphatic heterocycles. The van der Waals surface area contributed by atoms with Crippen LogP contribution in [0, 0.1) is 13.8 Å². The number of aliphatic imine (C=N–C) groups is 1. The zero-order chi connectivity index (χ0) is 15.5. The summed E-state index contributed by atoms with van der Waals surface area (Å²) in [6.45, 7) is 8.92. The molecule has 0 aliphatic rings. The topological polar surface area (TPSA) is 71.7 Å². The summed E-state index contributed by atoms with van der Waals surface area (Å²) in [4.78, 5) is 8.81. The van der Waals surface area contributed by atoms with Gasteiger partial charge in [0.25, 0.3) is 0 Å². The average molecular weight is 424 g/mol. The molecule has 0 aromatic carbocycles. The Bertz CT molecular complexity index is 416. The number of ether oxygens (including phenoxy) is 1.